The Kier molecular flexibility index (Phi) is 4.85. The minimum atomic E-state index is -0.556. The molecular formula is C17H19F2N. The molecule has 0 aromatic heterocycles. The number of halogens is 2. The van der Waals surface area contributed by atoms with Crippen molar-refractivity contribution in [2.45, 2.75) is 25.8 Å². The molecule has 1 nitrogen and oxygen atoms in total. The second-order valence-electron chi connectivity index (χ2n) is 4.88. The Bertz CT molecular complexity index is 564. The molecule has 1 N–H and O–H groups in total. The average Bonchev–Trinajstić information content (AvgIpc) is 2.44. The number of hydrogen-bond acceptors (Lipinski definition) is 1. The van der Waals surface area contributed by atoms with E-state index in [-0.39, 0.29) is 6.04 Å². The predicted molar refractivity (Wildman–Crippen MR) is 77.7 cm³/mol. The highest BCUT2D eigenvalue weighted by Crippen LogP contribution is 2.25. The van der Waals surface area contributed by atoms with E-state index in [1.54, 1.807) is 7.05 Å². The van der Waals surface area contributed by atoms with Gasteiger partial charge in [0.25, 0.3) is 0 Å². The Morgan fingerprint density at radius 2 is 1.75 bits per heavy atom. The van der Waals surface area contributed by atoms with Gasteiger partial charge in [0.05, 0.1) is 6.04 Å². The van der Waals surface area contributed by atoms with Crippen molar-refractivity contribution in [2.75, 3.05) is 7.05 Å². The monoisotopic (exact) mass is 275 g/mol. The van der Waals surface area contributed by atoms with Crippen LogP contribution in [0.15, 0.2) is 42.5 Å². The predicted octanol–water partition coefficient (Wildman–Crippen LogP) is 4.23. The first-order valence-corrected chi connectivity index (χ1v) is 6.86. The van der Waals surface area contributed by atoms with Crippen LogP contribution in [-0.2, 0) is 6.42 Å². The van der Waals surface area contributed by atoms with Crippen molar-refractivity contribution in [3.05, 3.63) is 70.8 Å². The minimum absolute atomic E-state index is 0.272. The van der Waals surface area contributed by atoms with E-state index in [0.717, 1.165) is 24.5 Å². The van der Waals surface area contributed by atoms with Crippen LogP contribution in [0.2, 0.25) is 0 Å². The zero-order chi connectivity index (χ0) is 14.5. The maximum absolute atomic E-state index is 13.9. The summed E-state index contributed by atoms with van der Waals surface area (Å²) >= 11 is 0. The van der Waals surface area contributed by atoms with Crippen LogP contribution < -0.4 is 5.32 Å². The van der Waals surface area contributed by atoms with Gasteiger partial charge in [-0.2, -0.15) is 0 Å². The first-order valence-electron chi connectivity index (χ1n) is 6.86. The molecule has 0 fully saturated rings. The first kappa shape index (κ1) is 14.7. The maximum Gasteiger partial charge on any atom is 0.131 e. The topological polar surface area (TPSA) is 12.0 Å². The summed E-state index contributed by atoms with van der Waals surface area (Å²) in [4.78, 5) is 0. The fourth-order valence-corrected chi connectivity index (χ4v) is 2.40. The highest BCUT2D eigenvalue weighted by molar-refractivity contribution is 5.34. The molecule has 0 heterocycles. The molecule has 0 saturated heterocycles. The van der Waals surface area contributed by atoms with Crippen LogP contribution in [0, 0.1) is 11.6 Å². The van der Waals surface area contributed by atoms with Gasteiger partial charge in [-0.25, -0.2) is 8.78 Å². The fourth-order valence-electron chi connectivity index (χ4n) is 2.40. The molecule has 3 heteroatoms. The standard InChI is InChI=1S/C17H19F2N/c1-3-4-12-5-7-13(8-6-12)17(20-2)15-10-9-14(18)11-16(15)19/h5-11,17,20H,3-4H2,1-2H3. The van der Waals surface area contributed by atoms with Crippen molar-refractivity contribution >= 4 is 0 Å². The summed E-state index contributed by atoms with van der Waals surface area (Å²) in [6, 6.07) is 11.5. The molecule has 2 aromatic carbocycles. The molecule has 2 rings (SSSR count). The first-order chi connectivity index (χ1) is 9.65. The van der Waals surface area contributed by atoms with Crippen molar-refractivity contribution in [3.8, 4) is 0 Å². The number of hydrogen-bond donors (Lipinski definition) is 1. The van der Waals surface area contributed by atoms with E-state index in [2.05, 4.69) is 24.4 Å². The van der Waals surface area contributed by atoms with Gasteiger partial charge in [-0.05, 0) is 30.7 Å². The van der Waals surface area contributed by atoms with Gasteiger partial charge in [0, 0.05) is 11.6 Å². The molecule has 0 radical (unpaired) electrons. The van der Waals surface area contributed by atoms with Crippen molar-refractivity contribution in [1.82, 2.24) is 5.32 Å². The molecule has 0 aliphatic heterocycles. The molecule has 0 aliphatic rings. The van der Waals surface area contributed by atoms with Crippen molar-refractivity contribution in [1.29, 1.82) is 0 Å². The third-order valence-electron chi connectivity index (χ3n) is 3.41. The van der Waals surface area contributed by atoms with Crippen LogP contribution in [0.1, 0.15) is 36.1 Å². The largest absolute Gasteiger partial charge is 0.309 e. The lowest BCUT2D eigenvalue weighted by molar-refractivity contribution is 0.551. The second kappa shape index (κ2) is 6.62. The molecule has 1 atom stereocenters. The Hall–Kier alpha value is -1.74. The maximum atomic E-state index is 13.9. The second-order valence-corrected chi connectivity index (χ2v) is 4.88. The fraction of sp³-hybridized carbons (Fsp3) is 0.294. The molecule has 2 aromatic rings. The number of nitrogens with one attached hydrogen (secondary N) is 1. The molecular weight excluding hydrogens is 256 g/mol. The molecule has 0 amide bonds. The zero-order valence-electron chi connectivity index (χ0n) is 11.8. The highest BCUT2D eigenvalue weighted by Gasteiger charge is 2.16. The summed E-state index contributed by atoms with van der Waals surface area (Å²) in [6.07, 6.45) is 2.14. The van der Waals surface area contributed by atoms with Gasteiger partial charge in [-0.1, -0.05) is 43.7 Å². The third kappa shape index (κ3) is 3.23. The Labute approximate surface area is 118 Å². The van der Waals surface area contributed by atoms with Gasteiger partial charge in [-0.3, -0.25) is 0 Å². The smallest absolute Gasteiger partial charge is 0.131 e. The van der Waals surface area contributed by atoms with E-state index in [4.69, 9.17) is 0 Å². The molecule has 1 unspecified atom stereocenters. The van der Waals surface area contributed by atoms with Crippen LogP contribution in [0.5, 0.6) is 0 Å². The van der Waals surface area contributed by atoms with E-state index >= 15 is 0 Å². The Balaban J connectivity index is 2.31. The lowest BCUT2D eigenvalue weighted by Crippen LogP contribution is -2.19. The van der Waals surface area contributed by atoms with Gasteiger partial charge in [0.15, 0.2) is 0 Å². The van der Waals surface area contributed by atoms with Crippen LogP contribution >= 0.6 is 0 Å². The van der Waals surface area contributed by atoms with Gasteiger partial charge in [0.2, 0.25) is 0 Å². The normalized spacial score (nSPS) is 12.4. The molecule has 20 heavy (non-hydrogen) atoms. The molecule has 0 saturated carbocycles. The number of rotatable bonds is 5. The van der Waals surface area contributed by atoms with E-state index in [0.29, 0.717) is 5.56 Å². The summed E-state index contributed by atoms with van der Waals surface area (Å²) in [6.45, 7) is 2.14. The van der Waals surface area contributed by atoms with Gasteiger partial charge in [-0.15, -0.1) is 0 Å². The third-order valence-corrected chi connectivity index (χ3v) is 3.41. The van der Waals surface area contributed by atoms with Crippen LogP contribution in [0.25, 0.3) is 0 Å². The summed E-state index contributed by atoms with van der Waals surface area (Å²) in [5.41, 5.74) is 2.70. The van der Waals surface area contributed by atoms with Crippen molar-refractivity contribution < 1.29 is 8.78 Å². The SMILES string of the molecule is CCCc1ccc(C(NC)c2ccc(F)cc2F)cc1. The van der Waals surface area contributed by atoms with E-state index < -0.39 is 11.6 Å². The van der Waals surface area contributed by atoms with Crippen LogP contribution in [0.3, 0.4) is 0 Å². The lowest BCUT2D eigenvalue weighted by Gasteiger charge is -2.18. The van der Waals surface area contributed by atoms with E-state index in [1.165, 1.54) is 17.7 Å². The summed E-state index contributed by atoms with van der Waals surface area (Å²) in [7, 11) is 1.77. The van der Waals surface area contributed by atoms with E-state index in [9.17, 15) is 8.78 Å². The molecule has 106 valence electrons. The van der Waals surface area contributed by atoms with Crippen molar-refractivity contribution in [3.63, 3.8) is 0 Å². The zero-order valence-corrected chi connectivity index (χ0v) is 11.8. The van der Waals surface area contributed by atoms with Crippen LogP contribution in [-0.4, -0.2) is 7.05 Å². The molecule has 0 aliphatic carbocycles. The van der Waals surface area contributed by atoms with Gasteiger partial charge < -0.3 is 5.32 Å². The molecule has 0 spiro atoms. The summed E-state index contributed by atoms with van der Waals surface area (Å²) in [5, 5.41) is 3.08. The van der Waals surface area contributed by atoms with E-state index in [1.807, 2.05) is 12.1 Å². The Morgan fingerprint density at radius 3 is 2.30 bits per heavy atom. The Morgan fingerprint density at radius 1 is 1.05 bits per heavy atom. The van der Waals surface area contributed by atoms with Gasteiger partial charge in [0.1, 0.15) is 11.6 Å². The van der Waals surface area contributed by atoms with Gasteiger partial charge >= 0.3 is 0 Å². The number of aryl methyl sites for hydroxylation is 1. The highest BCUT2D eigenvalue weighted by atomic mass is 19.1. The lowest BCUT2D eigenvalue weighted by atomic mass is 9.96. The minimum Gasteiger partial charge on any atom is -0.309 e. The summed E-state index contributed by atoms with van der Waals surface area (Å²) in [5.74, 6) is -1.08. The summed E-state index contributed by atoms with van der Waals surface area (Å²) < 4.78 is 26.9. The number of benzene rings is 2. The molecule has 0 bridgehead atoms. The van der Waals surface area contributed by atoms with Crippen molar-refractivity contribution in [2.24, 2.45) is 0 Å². The average molecular weight is 275 g/mol. The van der Waals surface area contributed by atoms with Crippen LogP contribution in [0.4, 0.5) is 8.78 Å². The quantitative estimate of drug-likeness (QED) is 0.861.